The van der Waals surface area contributed by atoms with Gasteiger partial charge in [-0.25, -0.2) is 10.4 Å². The zero-order chi connectivity index (χ0) is 16.5. The minimum Gasteiger partial charge on any atom is -0.324 e. The molecule has 3 unspecified atom stereocenters. The van der Waals surface area contributed by atoms with Gasteiger partial charge >= 0.3 is 0 Å². The third-order valence-corrected chi connectivity index (χ3v) is 5.11. The summed E-state index contributed by atoms with van der Waals surface area (Å²) in [6.45, 7) is 0. The molecule has 3 atom stereocenters. The van der Waals surface area contributed by atoms with Gasteiger partial charge in [-0.05, 0) is 30.9 Å². The summed E-state index contributed by atoms with van der Waals surface area (Å²) in [7, 11) is 0. The highest BCUT2D eigenvalue weighted by molar-refractivity contribution is 5.91. The van der Waals surface area contributed by atoms with Crippen LogP contribution in [0, 0.1) is 11.8 Å². The largest absolute Gasteiger partial charge is 0.324 e. The van der Waals surface area contributed by atoms with Gasteiger partial charge in [0.2, 0.25) is 17.8 Å². The quantitative estimate of drug-likeness (QED) is 0.689. The van der Waals surface area contributed by atoms with E-state index >= 15 is 0 Å². The molecular weight excluding hydrogens is 306 g/mol. The lowest BCUT2D eigenvalue weighted by molar-refractivity contribution is -0.134. The van der Waals surface area contributed by atoms with E-state index in [4.69, 9.17) is 0 Å². The van der Waals surface area contributed by atoms with Crippen LogP contribution in [0.15, 0.2) is 24.3 Å². The molecule has 0 spiro atoms. The molecule has 24 heavy (non-hydrogen) atoms. The van der Waals surface area contributed by atoms with E-state index in [-0.39, 0.29) is 29.7 Å². The predicted octanol–water partition coefficient (Wildman–Crippen LogP) is 1.70. The third-order valence-electron chi connectivity index (χ3n) is 5.11. The van der Waals surface area contributed by atoms with Crippen LogP contribution in [0.1, 0.15) is 32.1 Å². The maximum Gasteiger partial charge on any atom is 0.237 e. The number of nitrogens with one attached hydrogen (secondary N) is 4. The Morgan fingerprint density at radius 3 is 2.96 bits per heavy atom. The number of para-hydroxylation sites is 2. The first-order valence-electron chi connectivity index (χ1n) is 8.51. The summed E-state index contributed by atoms with van der Waals surface area (Å²) in [4.78, 5) is 31.8. The molecule has 1 saturated heterocycles. The van der Waals surface area contributed by atoms with E-state index in [0.29, 0.717) is 12.4 Å². The molecule has 126 valence electrons. The maximum absolute atomic E-state index is 12.4. The number of amides is 2. The van der Waals surface area contributed by atoms with E-state index in [9.17, 15) is 9.59 Å². The Labute approximate surface area is 139 Å². The number of nitrogens with zero attached hydrogens (tertiary/aromatic N) is 1. The number of aromatic amines is 1. The van der Waals surface area contributed by atoms with Crippen molar-refractivity contribution >= 4 is 28.8 Å². The van der Waals surface area contributed by atoms with Crippen molar-refractivity contribution in [3.63, 3.8) is 0 Å². The molecule has 4 rings (SSSR count). The molecule has 2 amide bonds. The Bertz CT molecular complexity index is 738. The summed E-state index contributed by atoms with van der Waals surface area (Å²) in [6, 6.07) is 7.61. The number of benzene rings is 1. The van der Waals surface area contributed by atoms with Crippen LogP contribution in [0.4, 0.5) is 5.95 Å². The number of carbonyl (C=O) groups is 2. The fraction of sp³-hybridized carbons (Fsp3) is 0.471. The SMILES string of the molecule is O=C(CC1NNC(=O)C2CCCCC12)Nc1nc2ccccc2[nH]1. The summed E-state index contributed by atoms with van der Waals surface area (Å²) in [5.74, 6) is 0.680. The fourth-order valence-electron chi connectivity index (χ4n) is 3.93. The molecule has 1 aliphatic carbocycles. The lowest BCUT2D eigenvalue weighted by Crippen LogP contribution is -2.60. The minimum absolute atomic E-state index is 0.0302. The topological polar surface area (TPSA) is 98.9 Å². The molecule has 7 heteroatoms. The van der Waals surface area contributed by atoms with Gasteiger partial charge in [-0.15, -0.1) is 0 Å². The second-order valence-electron chi connectivity index (χ2n) is 6.65. The summed E-state index contributed by atoms with van der Waals surface area (Å²) >= 11 is 0. The first-order valence-corrected chi connectivity index (χ1v) is 8.51. The van der Waals surface area contributed by atoms with Crippen molar-refractivity contribution in [3.8, 4) is 0 Å². The Morgan fingerprint density at radius 1 is 1.25 bits per heavy atom. The molecule has 0 bridgehead atoms. The number of anilines is 1. The molecule has 1 saturated carbocycles. The average molecular weight is 327 g/mol. The molecule has 0 radical (unpaired) electrons. The Morgan fingerprint density at radius 2 is 2.08 bits per heavy atom. The van der Waals surface area contributed by atoms with Crippen LogP contribution in [0.25, 0.3) is 11.0 Å². The van der Waals surface area contributed by atoms with Crippen LogP contribution in [-0.4, -0.2) is 27.8 Å². The smallest absolute Gasteiger partial charge is 0.237 e. The first kappa shape index (κ1) is 15.1. The van der Waals surface area contributed by atoms with Crippen LogP contribution in [0.3, 0.4) is 0 Å². The van der Waals surface area contributed by atoms with Gasteiger partial charge in [-0.1, -0.05) is 25.0 Å². The van der Waals surface area contributed by atoms with Crippen molar-refractivity contribution in [3.05, 3.63) is 24.3 Å². The molecule has 1 aromatic carbocycles. The highest BCUT2D eigenvalue weighted by Crippen LogP contribution is 2.35. The van der Waals surface area contributed by atoms with Gasteiger partial charge in [-0.3, -0.25) is 20.3 Å². The van der Waals surface area contributed by atoms with Crippen LogP contribution in [-0.2, 0) is 9.59 Å². The van der Waals surface area contributed by atoms with E-state index in [1.54, 1.807) is 0 Å². The molecule has 2 heterocycles. The molecule has 1 aliphatic heterocycles. The Hall–Kier alpha value is -2.41. The van der Waals surface area contributed by atoms with E-state index in [2.05, 4.69) is 26.1 Å². The van der Waals surface area contributed by atoms with E-state index in [1.165, 1.54) is 0 Å². The van der Waals surface area contributed by atoms with Crippen molar-refractivity contribution in [1.82, 2.24) is 20.8 Å². The van der Waals surface area contributed by atoms with Crippen molar-refractivity contribution < 1.29 is 9.59 Å². The van der Waals surface area contributed by atoms with Gasteiger partial charge in [0.15, 0.2) is 0 Å². The van der Waals surface area contributed by atoms with Gasteiger partial charge in [0.05, 0.1) is 11.0 Å². The molecule has 2 fully saturated rings. The summed E-state index contributed by atoms with van der Waals surface area (Å²) in [5.41, 5.74) is 7.46. The Kier molecular flexibility index (Phi) is 3.93. The van der Waals surface area contributed by atoms with Gasteiger partial charge in [0.1, 0.15) is 0 Å². The van der Waals surface area contributed by atoms with Gasteiger partial charge < -0.3 is 4.98 Å². The Balaban J connectivity index is 1.42. The molecule has 1 aromatic heterocycles. The number of hydrazine groups is 1. The number of hydrogen-bond acceptors (Lipinski definition) is 4. The second-order valence-corrected chi connectivity index (χ2v) is 6.65. The van der Waals surface area contributed by atoms with Crippen molar-refractivity contribution in [2.45, 2.75) is 38.1 Å². The molecule has 7 nitrogen and oxygen atoms in total. The normalized spacial score (nSPS) is 26.7. The third kappa shape index (κ3) is 2.87. The van der Waals surface area contributed by atoms with Crippen LogP contribution in [0.2, 0.25) is 0 Å². The number of aromatic nitrogens is 2. The number of fused-ring (bicyclic) bond motifs is 2. The molecule has 2 aromatic rings. The number of rotatable bonds is 3. The van der Waals surface area contributed by atoms with Gasteiger partial charge in [-0.2, -0.15) is 0 Å². The van der Waals surface area contributed by atoms with E-state index < -0.39 is 0 Å². The zero-order valence-electron chi connectivity index (χ0n) is 13.3. The number of hydrogen-bond donors (Lipinski definition) is 4. The second kappa shape index (κ2) is 6.24. The zero-order valence-corrected chi connectivity index (χ0v) is 13.3. The first-order chi connectivity index (χ1) is 11.7. The predicted molar refractivity (Wildman–Crippen MR) is 89.9 cm³/mol. The van der Waals surface area contributed by atoms with E-state index in [0.717, 1.165) is 36.7 Å². The van der Waals surface area contributed by atoms with Crippen molar-refractivity contribution in [1.29, 1.82) is 0 Å². The van der Waals surface area contributed by atoms with Gasteiger partial charge in [0, 0.05) is 18.4 Å². The van der Waals surface area contributed by atoms with Crippen LogP contribution in [0.5, 0.6) is 0 Å². The monoisotopic (exact) mass is 327 g/mol. The summed E-state index contributed by atoms with van der Waals surface area (Å²) in [5, 5.41) is 2.83. The highest BCUT2D eigenvalue weighted by Gasteiger charge is 2.40. The minimum atomic E-state index is -0.105. The van der Waals surface area contributed by atoms with E-state index in [1.807, 2.05) is 24.3 Å². The molecule has 4 N–H and O–H groups in total. The molecular formula is C17H21N5O2. The highest BCUT2D eigenvalue weighted by atomic mass is 16.2. The van der Waals surface area contributed by atoms with Crippen LogP contribution < -0.4 is 16.2 Å². The summed E-state index contributed by atoms with van der Waals surface area (Å²) in [6.07, 6.45) is 4.44. The van der Waals surface area contributed by atoms with Crippen molar-refractivity contribution in [2.75, 3.05) is 5.32 Å². The maximum atomic E-state index is 12.4. The fourth-order valence-corrected chi connectivity index (χ4v) is 3.93. The lowest BCUT2D eigenvalue weighted by Gasteiger charge is -2.40. The van der Waals surface area contributed by atoms with Gasteiger partial charge in [0.25, 0.3) is 0 Å². The molecule has 2 aliphatic rings. The van der Waals surface area contributed by atoms with Crippen LogP contribution >= 0.6 is 0 Å². The van der Waals surface area contributed by atoms with Crippen molar-refractivity contribution in [2.24, 2.45) is 11.8 Å². The standard InChI is InChI=1S/C17H21N5O2/c23-15(20-17-18-12-7-3-4-8-13(12)19-17)9-14-10-5-1-2-6-11(10)16(24)22-21-14/h3-4,7-8,10-11,14,21H,1-2,5-6,9H2,(H,22,24)(H2,18,19,20,23). The average Bonchev–Trinajstić information content (AvgIpc) is 3.00. The number of carbonyl (C=O) groups excluding carboxylic acids is 2. The summed E-state index contributed by atoms with van der Waals surface area (Å²) < 4.78 is 0. The number of H-pyrrole nitrogens is 1. The lowest BCUT2D eigenvalue weighted by atomic mass is 9.73. The number of imidazole rings is 1.